The summed E-state index contributed by atoms with van der Waals surface area (Å²) in [5.74, 6) is -1.70. The fraction of sp³-hybridized carbons (Fsp3) is 0.125. The summed E-state index contributed by atoms with van der Waals surface area (Å²) in [4.78, 5) is 24.0. The molecule has 0 heterocycles. The summed E-state index contributed by atoms with van der Waals surface area (Å²) in [6.45, 7) is 3.68. The first-order valence-corrected chi connectivity index (χ1v) is 7.75. The fourth-order valence-electron chi connectivity index (χ4n) is 2.01. The van der Waals surface area contributed by atoms with Crippen LogP contribution in [0.4, 0.5) is 11.4 Å². The van der Waals surface area contributed by atoms with Crippen molar-refractivity contribution in [2.45, 2.75) is 13.8 Å². The predicted molar refractivity (Wildman–Crippen MR) is 94.6 cm³/mol. The van der Waals surface area contributed by atoms with Crippen LogP contribution in [-0.4, -0.2) is 11.8 Å². The number of benzene rings is 2. The van der Waals surface area contributed by atoms with E-state index in [2.05, 4.69) is 10.6 Å². The minimum atomic E-state index is -0.856. The second kappa shape index (κ2) is 7.21. The molecule has 0 aromatic heterocycles. The van der Waals surface area contributed by atoms with E-state index in [4.69, 9.17) is 34.8 Å². The van der Waals surface area contributed by atoms with Crippen LogP contribution in [0.15, 0.2) is 30.3 Å². The fourth-order valence-corrected chi connectivity index (χ4v) is 2.84. The molecule has 120 valence electrons. The molecule has 2 N–H and O–H groups in total. The Balaban J connectivity index is 2.13. The number of nitrogens with one attached hydrogen (secondary N) is 2. The highest BCUT2D eigenvalue weighted by atomic mass is 35.5. The molecule has 0 aliphatic heterocycles. The lowest BCUT2D eigenvalue weighted by Crippen LogP contribution is -2.29. The van der Waals surface area contributed by atoms with Crippen molar-refractivity contribution in [1.82, 2.24) is 0 Å². The van der Waals surface area contributed by atoms with Crippen LogP contribution in [0, 0.1) is 13.8 Å². The molecule has 0 spiro atoms. The summed E-state index contributed by atoms with van der Waals surface area (Å²) in [7, 11) is 0. The third kappa shape index (κ3) is 4.38. The molecule has 0 saturated carbocycles. The van der Waals surface area contributed by atoms with E-state index in [1.165, 1.54) is 12.1 Å². The second-order valence-corrected chi connectivity index (χ2v) is 6.22. The van der Waals surface area contributed by atoms with Crippen molar-refractivity contribution < 1.29 is 9.59 Å². The van der Waals surface area contributed by atoms with Gasteiger partial charge in [-0.1, -0.05) is 40.9 Å². The summed E-state index contributed by atoms with van der Waals surface area (Å²) in [5, 5.41) is 5.97. The molecule has 0 radical (unpaired) electrons. The normalized spacial score (nSPS) is 10.3. The van der Waals surface area contributed by atoms with Crippen molar-refractivity contribution in [2.24, 2.45) is 0 Å². The number of hydrogen-bond acceptors (Lipinski definition) is 2. The van der Waals surface area contributed by atoms with E-state index >= 15 is 0 Å². The molecule has 7 heteroatoms. The van der Waals surface area contributed by atoms with Gasteiger partial charge in [-0.2, -0.15) is 0 Å². The van der Waals surface area contributed by atoms with E-state index in [1.54, 1.807) is 19.1 Å². The molecular formula is C16H13Cl3N2O2. The smallest absolute Gasteiger partial charge is 0.314 e. The molecule has 2 amide bonds. The molecule has 0 bridgehead atoms. The minimum absolute atomic E-state index is 0.239. The maximum absolute atomic E-state index is 12.0. The van der Waals surface area contributed by atoms with Crippen molar-refractivity contribution in [2.75, 3.05) is 10.6 Å². The molecule has 4 nitrogen and oxygen atoms in total. The summed E-state index contributed by atoms with van der Waals surface area (Å²) < 4.78 is 0. The van der Waals surface area contributed by atoms with Crippen molar-refractivity contribution in [1.29, 1.82) is 0 Å². The van der Waals surface area contributed by atoms with Crippen molar-refractivity contribution in [3.63, 3.8) is 0 Å². The second-order valence-electron chi connectivity index (χ2n) is 4.97. The van der Waals surface area contributed by atoms with E-state index in [0.717, 1.165) is 11.1 Å². The third-order valence-electron chi connectivity index (χ3n) is 3.06. The van der Waals surface area contributed by atoms with Crippen LogP contribution in [0.3, 0.4) is 0 Å². The van der Waals surface area contributed by atoms with Crippen molar-refractivity contribution in [3.05, 3.63) is 56.5 Å². The van der Waals surface area contributed by atoms with Gasteiger partial charge in [0.25, 0.3) is 0 Å². The molecule has 2 rings (SSSR count). The number of rotatable bonds is 2. The highest BCUT2D eigenvalue weighted by Crippen LogP contribution is 2.28. The zero-order valence-electron chi connectivity index (χ0n) is 12.3. The van der Waals surface area contributed by atoms with E-state index in [1.807, 2.05) is 13.0 Å². The Bertz CT molecular complexity index is 768. The summed E-state index contributed by atoms with van der Waals surface area (Å²) in [6.07, 6.45) is 0. The standard InChI is InChI=1S/C16H13Cl3N2O2/c1-8-5-9(2)14(12(19)6-8)21-16(23)15(22)20-13-4-3-10(17)7-11(13)18/h3-7H,1-2H3,(H,20,22)(H,21,23). The molecule has 0 saturated heterocycles. The molecule has 23 heavy (non-hydrogen) atoms. The van der Waals surface area contributed by atoms with Gasteiger partial charge in [0.2, 0.25) is 0 Å². The van der Waals surface area contributed by atoms with Crippen LogP contribution in [0.5, 0.6) is 0 Å². The lowest BCUT2D eigenvalue weighted by atomic mass is 10.1. The Hall–Kier alpha value is -1.75. The quantitative estimate of drug-likeness (QED) is 0.742. The molecule has 0 unspecified atom stereocenters. The number of carbonyl (C=O) groups is 2. The number of aryl methyl sites for hydroxylation is 2. The molecule has 2 aromatic carbocycles. The molecular weight excluding hydrogens is 359 g/mol. The van der Waals surface area contributed by atoms with Crippen LogP contribution < -0.4 is 10.6 Å². The summed E-state index contributed by atoms with van der Waals surface area (Å²) in [5.41, 5.74) is 2.42. The third-order valence-corrected chi connectivity index (χ3v) is 3.90. The highest BCUT2D eigenvalue weighted by Gasteiger charge is 2.18. The van der Waals surface area contributed by atoms with E-state index in [-0.39, 0.29) is 5.02 Å². The van der Waals surface area contributed by atoms with Crippen LogP contribution in [0.1, 0.15) is 11.1 Å². The lowest BCUT2D eigenvalue weighted by molar-refractivity contribution is -0.133. The first kappa shape index (κ1) is 17.6. The maximum Gasteiger partial charge on any atom is 0.314 e. The number of hydrogen-bond donors (Lipinski definition) is 2. The van der Waals surface area contributed by atoms with Crippen LogP contribution in [0.25, 0.3) is 0 Å². The van der Waals surface area contributed by atoms with E-state index in [0.29, 0.717) is 21.4 Å². The van der Waals surface area contributed by atoms with Crippen LogP contribution in [0.2, 0.25) is 15.1 Å². The van der Waals surface area contributed by atoms with Gasteiger partial charge in [0.15, 0.2) is 0 Å². The summed E-state index contributed by atoms with van der Waals surface area (Å²) >= 11 is 17.8. The molecule has 0 atom stereocenters. The van der Waals surface area contributed by atoms with Gasteiger partial charge >= 0.3 is 11.8 Å². The molecule has 2 aromatic rings. The Morgan fingerprint density at radius 1 is 0.870 bits per heavy atom. The number of carbonyl (C=O) groups excluding carboxylic acids is 2. The van der Waals surface area contributed by atoms with Gasteiger partial charge in [0.05, 0.1) is 21.4 Å². The topological polar surface area (TPSA) is 58.2 Å². The van der Waals surface area contributed by atoms with Crippen molar-refractivity contribution in [3.8, 4) is 0 Å². The maximum atomic E-state index is 12.0. The number of amides is 2. The average molecular weight is 372 g/mol. The Labute approximate surface area is 148 Å². The lowest BCUT2D eigenvalue weighted by Gasteiger charge is -2.12. The van der Waals surface area contributed by atoms with Gasteiger partial charge in [-0.05, 0) is 49.2 Å². The Morgan fingerprint density at radius 2 is 1.52 bits per heavy atom. The van der Waals surface area contributed by atoms with E-state index in [9.17, 15) is 9.59 Å². The largest absolute Gasteiger partial charge is 0.316 e. The highest BCUT2D eigenvalue weighted by molar-refractivity contribution is 6.46. The van der Waals surface area contributed by atoms with Gasteiger partial charge < -0.3 is 10.6 Å². The SMILES string of the molecule is Cc1cc(C)c(NC(=O)C(=O)Nc2ccc(Cl)cc2Cl)c(Cl)c1. The van der Waals surface area contributed by atoms with Crippen LogP contribution in [-0.2, 0) is 9.59 Å². The predicted octanol–water partition coefficient (Wildman–Crippen LogP) is 4.84. The van der Waals surface area contributed by atoms with Crippen molar-refractivity contribution >= 4 is 58.0 Å². The first-order chi connectivity index (χ1) is 10.8. The zero-order valence-corrected chi connectivity index (χ0v) is 14.6. The zero-order chi connectivity index (χ0) is 17.1. The van der Waals surface area contributed by atoms with Gasteiger partial charge in [0, 0.05) is 5.02 Å². The molecule has 0 aliphatic carbocycles. The Morgan fingerprint density at radius 3 is 2.13 bits per heavy atom. The van der Waals surface area contributed by atoms with Gasteiger partial charge in [-0.25, -0.2) is 0 Å². The average Bonchev–Trinajstić information content (AvgIpc) is 2.45. The first-order valence-electron chi connectivity index (χ1n) is 6.62. The monoisotopic (exact) mass is 370 g/mol. The van der Waals surface area contributed by atoms with Gasteiger partial charge in [-0.3, -0.25) is 9.59 Å². The van der Waals surface area contributed by atoms with Gasteiger partial charge in [0.1, 0.15) is 0 Å². The summed E-state index contributed by atoms with van der Waals surface area (Å²) in [6, 6.07) is 8.10. The minimum Gasteiger partial charge on any atom is -0.316 e. The number of halogens is 3. The van der Waals surface area contributed by atoms with Crippen LogP contribution >= 0.6 is 34.8 Å². The Kier molecular flexibility index (Phi) is 5.52. The molecule has 0 aliphatic rings. The number of anilines is 2. The van der Waals surface area contributed by atoms with Gasteiger partial charge in [-0.15, -0.1) is 0 Å². The molecule has 0 fully saturated rings. The van der Waals surface area contributed by atoms with E-state index < -0.39 is 11.8 Å².